The summed E-state index contributed by atoms with van der Waals surface area (Å²) in [6.07, 6.45) is 0.293. The van der Waals surface area contributed by atoms with Gasteiger partial charge in [-0.05, 0) is 74.8 Å². The first-order valence-electron chi connectivity index (χ1n) is 11.8. The average molecular weight is 598 g/mol. The summed E-state index contributed by atoms with van der Waals surface area (Å²) >= 11 is 18.4. The Bertz CT molecular complexity index is 1430. The Kier molecular flexibility index (Phi) is 8.86. The zero-order valence-corrected chi connectivity index (χ0v) is 23.8. The number of carbonyl (C=O) groups excluding carboxylic acids is 1. The Morgan fingerprint density at radius 3 is 2.47 bits per heavy atom. The van der Waals surface area contributed by atoms with Gasteiger partial charge in [-0.15, -0.1) is 0 Å². The van der Waals surface area contributed by atoms with Gasteiger partial charge in [-0.2, -0.15) is 0 Å². The monoisotopic (exact) mass is 596 g/mol. The summed E-state index contributed by atoms with van der Waals surface area (Å²) in [4.78, 5) is 19.3. The van der Waals surface area contributed by atoms with Gasteiger partial charge in [0.15, 0.2) is 0 Å². The number of benzene rings is 2. The fourth-order valence-corrected chi connectivity index (χ4v) is 6.92. The van der Waals surface area contributed by atoms with Gasteiger partial charge in [0.2, 0.25) is 0 Å². The van der Waals surface area contributed by atoms with Crippen LogP contribution in [-0.2, 0) is 16.4 Å². The summed E-state index contributed by atoms with van der Waals surface area (Å²) in [7, 11) is -0.329. The van der Waals surface area contributed by atoms with Crippen molar-refractivity contribution in [1.82, 2.24) is 9.88 Å². The van der Waals surface area contributed by atoms with Crippen LogP contribution in [0.2, 0.25) is 15.1 Å². The van der Waals surface area contributed by atoms with Gasteiger partial charge in [0.25, 0.3) is 15.9 Å². The van der Waals surface area contributed by atoms with Crippen molar-refractivity contribution in [2.75, 3.05) is 36.8 Å². The van der Waals surface area contributed by atoms with E-state index in [4.69, 9.17) is 34.8 Å². The zero-order chi connectivity index (χ0) is 27.6. The number of fused-ring (bicyclic) bond motifs is 1. The van der Waals surface area contributed by atoms with Crippen molar-refractivity contribution >= 4 is 62.4 Å². The molecule has 4 rings (SSSR count). The van der Waals surface area contributed by atoms with Crippen molar-refractivity contribution in [1.29, 1.82) is 0 Å². The lowest BCUT2D eigenvalue weighted by atomic mass is 9.91. The molecule has 12 heteroatoms. The number of carbonyl (C=O) groups is 1. The third-order valence-electron chi connectivity index (χ3n) is 6.12. The third-order valence-corrected chi connectivity index (χ3v) is 8.74. The van der Waals surface area contributed by atoms with E-state index in [0.29, 0.717) is 24.9 Å². The maximum atomic E-state index is 13.8. The van der Waals surface area contributed by atoms with E-state index in [1.165, 1.54) is 16.4 Å². The van der Waals surface area contributed by atoms with Crippen LogP contribution in [0.15, 0.2) is 59.5 Å². The molecule has 8 nitrogen and oxygen atoms in total. The number of nitrogens with one attached hydrogen (secondary N) is 1. The highest BCUT2D eigenvalue weighted by atomic mass is 35.5. The van der Waals surface area contributed by atoms with Crippen LogP contribution in [0.5, 0.6) is 0 Å². The molecule has 0 saturated heterocycles. The molecule has 3 aromatic rings. The largest absolute Gasteiger partial charge is 0.392 e. The van der Waals surface area contributed by atoms with E-state index in [1.54, 1.807) is 42.5 Å². The lowest BCUT2D eigenvalue weighted by molar-refractivity contribution is 0.102. The normalized spacial score (nSPS) is 16.3. The molecule has 2 unspecified atom stereocenters. The van der Waals surface area contributed by atoms with Crippen LogP contribution in [0.4, 0.5) is 11.6 Å². The molecule has 1 aliphatic rings. The van der Waals surface area contributed by atoms with Crippen LogP contribution < -0.4 is 9.62 Å². The van der Waals surface area contributed by atoms with Crippen molar-refractivity contribution in [3.8, 4) is 0 Å². The topological polar surface area (TPSA) is 103 Å². The molecule has 0 saturated carbocycles. The summed E-state index contributed by atoms with van der Waals surface area (Å²) in [6.45, 7) is 0.561. The number of pyridine rings is 1. The first-order valence-corrected chi connectivity index (χ1v) is 14.4. The lowest BCUT2D eigenvalue weighted by Gasteiger charge is -2.35. The van der Waals surface area contributed by atoms with Gasteiger partial charge in [-0.3, -0.25) is 4.79 Å². The van der Waals surface area contributed by atoms with Gasteiger partial charge in [0.05, 0.1) is 26.6 Å². The molecule has 38 heavy (non-hydrogen) atoms. The zero-order valence-electron chi connectivity index (χ0n) is 20.7. The second-order valence-electron chi connectivity index (χ2n) is 9.45. The molecular weight excluding hydrogens is 571 g/mol. The number of halogens is 3. The Labute approximate surface area is 237 Å². The van der Waals surface area contributed by atoms with E-state index in [0.717, 1.165) is 0 Å². The molecular formula is C26H27Cl3N4O4S. The smallest absolute Gasteiger partial charge is 0.265 e. The molecule has 0 radical (unpaired) electrons. The fourth-order valence-electron chi connectivity index (χ4n) is 4.52. The standard InChI is InChI=1S/C26H27Cl3N4O4S/c1-32(2)15-19(34)12-16-11-17-9-10-23(31-26(35)24-21(28)7-4-8-22(24)29)30-25(17)33(14-16)38(36,37)20-6-3-5-18(27)13-20/h3-10,13,16,19,34H,11-12,14-15H2,1-2H3,(H,30,31,35). The predicted octanol–water partition coefficient (Wildman–Crippen LogP) is 4.97. The Morgan fingerprint density at radius 1 is 1.13 bits per heavy atom. The van der Waals surface area contributed by atoms with Gasteiger partial charge < -0.3 is 15.3 Å². The Hall–Kier alpha value is -2.40. The number of anilines is 2. The molecule has 1 aromatic heterocycles. The highest BCUT2D eigenvalue weighted by Crippen LogP contribution is 2.36. The maximum absolute atomic E-state index is 13.8. The van der Waals surface area contributed by atoms with Crippen molar-refractivity contribution in [2.24, 2.45) is 5.92 Å². The number of amides is 1. The number of likely N-dealkylation sites (N-methyl/N-ethyl adjacent to an activating group) is 1. The van der Waals surface area contributed by atoms with Gasteiger partial charge >= 0.3 is 0 Å². The molecule has 0 fully saturated rings. The summed E-state index contributed by atoms with van der Waals surface area (Å²) in [5.41, 5.74) is 0.770. The molecule has 0 bridgehead atoms. The molecule has 1 amide bonds. The molecule has 2 N–H and O–H groups in total. The maximum Gasteiger partial charge on any atom is 0.265 e. The van der Waals surface area contributed by atoms with Crippen LogP contribution in [0, 0.1) is 5.92 Å². The van der Waals surface area contributed by atoms with E-state index in [9.17, 15) is 18.3 Å². The number of aliphatic hydroxyl groups is 1. The third kappa shape index (κ3) is 6.42. The SMILES string of the molecule is CN(C)CC(O)CC1Cc2ccc(NC(=O)c3c(Cl)cccc3Cl)nc2N(S(=O)(=O)c2cccc(Cl)c2)C1. The minimum atomic E-state index is -4.06. The van der Waals surface area contributed by atoms with Crippen LogP contribution in [0.1, 0.15) is 22.3 Å². The summed E-state index contributed by atoms with van der Waals surface area (Å²) in [5, 5.41) is 13.9. The van der Waals surface area contributed by atoms with Crippen molar-refractivity contribution in [2.45, 2.75) is 23.8 Å². The number of nitrogens with zero attached hydrogens (tertiary/aromatic N) is 3. The van der Waals surface area contributed by atoms with E-state index >= 15 is 0 Å². The van der Waals surface area contributed by atoms with Gasteiger partial charge in [0.1, 0.15) is 11.6 Å². The van der Waals surface area contributed by atoms with Gasteiger partial charge in [0, 0.05) is 18.1 Å². The number of aliphatic hydroxyl groups excluding tert-OH is 1. The van der Waals surface area contributed by atoms with Crippen molar-refractivity contribution < 1.29 is 18.3 Å². The van der Waals surface area contributed by atoms with Crippen LogP contribution >= 0.6 is 34.8 Å². The Balaban J connectivity index is 1.71. The number of sulfonamides is 1. The molecule has 2 heterocycles. The number of rotatable bonds is 8. The predicted molar refractivity (Wildman–Crippen MR) is 151 cm³/mol. The van der Waals surface area contributed by atoms with E-state index in [2.05, 4.69) is 10.3 Å². The van der Waals surface area contributed by atoms with Crippen LogP contribution in [-0.4, -0.2) is 62.6 Å². The summed E-state index contributed by atoms with van der Waals surface area (Å²) in [6, 6.07) is 14.1. The number of aromatic nitrogens is 1. The Morgan fingerprint density at radius 2 is 1.82 bits per heavy atom. The van der Waals surface area contributed by atoms with E-state index in [-0.39, 0.29) is 49.6 Å². The van der Waals surface area contributed by atoms with E-state index < -0.39 is 22.0 Å². The number of hydrogen-bond acceptors (Lipinski definition) is 6. The molecule has 202 valence electrons. The minimum Gasteiger partial charge on any atom is -0.392 e. The van der Waals surface area contributed by atoms with Crippen molar-refractivity contribution in [3.63, 3.8) is 0 Å². The van der Waals surface area contributed by atoms with Gasteiger partial charge in [-0.1, -0.05) is 53.0 Å². The second kappa shape index (κ2) is 11.8. The average Bonchev–Trinajstić information content (AvgIpc) is 2.83. The highest BCUT2D eigenvalue weighted by Gasteiger charge is 2.36. The number of hydrogen-bond donors (Lipinski definition) is 2. The molecule has 2 atom stereocenters. The fraction of sp³-hybridized carbons (Fsp3) is 0.308. The minimum absolute atomic E-state index is 0.0181. The molecule has 2 aromatic carbocycles. The van der Waals surface area contributed by atoms with Gasteiger partial charge in [-0.25, -0.2) is 17.7 Å². The quantitative estimate of drug-likeness (QED) is 0.380. The second-order valence-corrected chi connectivity index (χ2v) is 12.6. The van der Waals surface area contributed by atoms with E-state index in [1.807, 2.05) is 19.0 Å². The summed E-state index contributed by atoms with van der Waals surface area (Å²) < 4.78 is 28.8. The molecule has 1 aliphatic heterocycles. The molecule has 0 aliphatic carbocycles. The van der Waals surface area contributed by atoms with Crippen LogP contribution in [0.3, 0.4) is 0 Å². The highest BCUT2D eigenvalue weighted by molar-refractivity contribution is 7.92. The lowest BCUT2D eigenvalue weighted by Crippen LogP contribution is -2.42. The summed E-state index contributed by atoms with van der Waals surface area (Å²) in [5.74, 6) is -0.387. The first kappa shape index (κ1) is 28.6. The first-order chi connectivity index (χ1) is 18.0. The molecule has 0 spiro atoms. The van der Waals surface area contributed by atoms with Crippen molar-refractivity contribution in [3.05, 3.63) is 80.8 Å². The van der Waals surface area contributed by atoms with Crippen LogP contribution in [0.25, 0.3) is 0 Å².